The standard InChI is InChI=1S/C19H16O2/c1-13-7-9-15(10-8-13)17-11-16-5-3-4-6-18(16)19(12-17)21-14(2)20/h3-12H,1-2H3. The van der Waals surface area contributed by atoms with Crippen LogP contribution < -0.4 is 4.74 Å². The van der Waals surface area contributed by atoms with Crippen LogP contribution in [0.15, 0.2) is 60.7 Å². The van der Waals surface area contributed by atoms with Gasteiger partial charge >= 0.3 is 5.97 Å². The van der Waals surface area contributed by atoms with Gasteiger partial charge in [-0.15, -0.1) is 0 Å². The molecular formula is C19H16O2. The summed E-state index contributed by atoms with van der Waals surface area (Å²) in [5, 5.41) is 2.01. The minimum atomic E-state index is -0.304. The number of hydrogen-bond donors (Lipinski definition) is 0. The first-order chi connectivity index (χ1) is 10.1. The molecule has 3 aromatic rings. The van der Waals surface area contributed by atoms with E-state index in [1.807, 2.05) is 30.3 Å². The van der Waals surface area contributed by atoms with Crippen molar-refractivity contribution in [3.05, 3.63) is 66.2 Å². The van der Waals surface area contributed by atoms with Crippen molar-refractivity contribution in [3.8, 4) is 16.9 Å². The molecule has 0 spiro atoms. The minimum absolute atomic E-state index is 0.304. The maximum atomic E-state index is 11.3. The number of esters is 1. The van der Waals surface area contributed by atoms with Gasteiger partial charge in [0.1, 0.15) is 5.75 Å². The maximum absolute atomic E-state index is 11.3. The second-order valence-corrected chi connectivity index (χ2v) is 5.16. The number of benzene rings is 3. The molecule has 0 unspecified atom stereocenters. The van der Waals surface area contributed by atoms with E-state index in [0.29, 0.717) is 5.75 Å². The van der Waals surface area contributed by atoms with E-state index in [9.17, 15) is 4.79 Å². The molecule has 104 valence electrons. The molecule has 0 saturated carbocycles. The molecule has 0 aliphatic heterocycles. The quantitative estimate of drug-likeness (QED) is 0.499. The lowest BCUT2D eigenvalue weighted by atomic mass is 9.99. The monoisotopic (exact) mass is 276 g/mol. The SMILES string of the molecule is CC(=O)Oc1cc(-c2ccc(C)cc2)cc2ccccc12. The van der Waals surface area contributed by atoms with Crippen LogP contribution >= 0.6 is 0 Å². The number of hydrogen-bond acceptors (Lipinski definition) is 2. The molecule has 2 nitrogen and oxygen atoms in total. The first-order valence-electron chi connectivity index (χ1n) is 6.92. The van der Waals surface area contributed by atoms with Gasteiger partial charge in [0.15, 0.2) is 0 Å². The molecule has 0 aliphatic rings. The van der Waals surface area contributed by atoms with Crippen LogP contribution in [0.25, 0.3) is 21.9 Å². The minimum Gasteiger partial charge on any atom is -0.426 e. The third-order valence-corrected chi connectivity index (χ3v) is 3.46. The van der Waals surface area contributed by atoms with Crippen molar-refractivity contribution in [2.75, 3.05) is 0 Å². The molecule has 0 radical (unpaired) electrons. The Balaban J connectivity index is 2.19. The van der Waals surface area contributed by atoms with E-state index >= 15 is 0 Å². The molecule has 3 aromatic carbocycles. The molecule has 0 bridgehead atoms. The van der Waals surface area contributed by atoms with Crippen LogP contribution in [0.4, 0.5) is 0 Å². The number of carbonyl (C=O) groups is 1. The summed E-state index contributed by atoms with van der Waals surface area (Å²) in [6, 6.07) is 20.3. The fourth-order valence-corrected chi connectivity index (χ4v) is 2.43. The molecule has 0 fully saturated rings. The smallest absolute Gasteiger partial charge is 0.308 e. The first-order valence-corrected chi connectivity index (χ1v) is 6.92. The summed E-state index contributed by atoms with van der Waals surface area (Å²) in [7, 11) is 0. The van der Waals surface area contributed by atoms with Crippen molar-refractivity contribution in [1.29, 1.82) is 0 Å². The molecular weight excluding hydrogens is 260 g/mol. The normalized spacial score (nSPS) is 10.6. The van der Waals surface area contributed by atoms with Gasteiger partial charge in [0, 0.05) is 12.3 Å². The number of rotatable bonds is 2. The zero-order chi connectivity index (χ0) is 14.8. The van der Waals surface area contributed by atoms with Gasteiger partial charge in [-0.25, -0.2) is 0 Å². The van der Waals surface area contributed by atoms with E-state index in [4.69, 9.17) is 4.74 Å². The summed E-state index contributed by atoms with van der Waals surface area (Å²) in [6.45, 7) is 3.49. The molecule has 0 aliphatic carbocycles. The van der Waals surface area contributed by atoms with Crippen LogP contribution in [0.3, 0.4) is 0 Å². The Morgan fingerprint density at radius 2 is 1.62 bits per heavy atom. The highest BCUT2D eigenvalue weighted by Gasteiger charge is 2.08. The number of ether oxygens (including phenoxy) is 1. The van der Waals surface area contributed by atoms with Gasteiger partial charge < -0.3 is 4.74 Å². The molecule has 0 amide bonds. The van der Waals surface area contributed by atoms with Crippen LogP contribution in [0, 0.1) is 6.92 Å². The largest absolute Gasteiger partial charge is 0.426 e. The molecule has 2 heteroatoms. The van der Waals surface area contributed by atoms with Gasteiger partial charge in [-0.05, 0) is 35.6 Å². The Bertz CT molecular complexity index is 801. The maximum Gasteiger partial charge on any atom is 0.308 e. The highest BCUT2D eigenvalue weighted by molar-refractivity contribution is 5.94. The Labute approximate surface area is 124 Å². The van der Waals surface area contributed by atoms with E-state index in [1.54, 1.807) is 0 Å². The summed E-state index contributed by atoms with van der Waals surface area (Å²) >= 11 is 0. The summed E-state index contributed by atoms with van der Waals surface area (Å²) in [5.41, 5.74) is 3.38. The molecule has 0 saturated heterocycles. The van der Waals surface area contributed by atoms with Crippen molar-refractivity contribution in [2.24, 2.45) is 0 Å². The zero-order valence-corrected chi connectivity index (χ0v) is 12.1. The number of fused-ring (bicyclic) bond motifs is 1. The molecule has 0 atom stereocenters. The van der Waals surface area contributed by atoms with E-state index in [2.05, 4.69) is 37.3 Å². The van der Waals surface area contributed by atoms with Gasteiger partial charge in [0.2, 0.25) is 0 Å². The third kappa shape index (κ3) is 2.79. The summed E-state index contributed by atoms with van der Waals surface area (Å²) in [4.78, 5) is 11.3. The fraction of sp³-hybridized carbons (Fsp3) is 0.105. The molecule has 0 N–H and O–H groups in total. The second kappa shape index (κ2) is 5.41. The van der Waals surface area contributed by atoms with Crippen molar-refractivity contribution in [1.82, 2.24) is 0 Å². The lowest BCUT2D eigenvalue weighted by molar-refractivity contribution is -0.131. The second-order valence-electron chi connectivity index (χ2n) is 5.16. The summed E-state index contributed by atoms with van der Waals surface area (Å²) < 4.78 is 5.37. The Morgan fingerprint density at radius 1 is 0.905 bits per heavy atom. The van der Waals surface area contributed by atoms with Gasteiger partial charge in [-0.1, -0.05) is 54.1 Å². The average Bonchev–Trinajstić information content (AvgIpc) is 2.47. The van der Waals surface area contributed by atoms with E-state index in [-0.39, 0.29) is 5.97 Å². The molecule has 3 rings (SSSR count). The van der Waals surface area contributed by atoms with Crippen molar-refractivity contribution in [3.63, 3.8) is 0 Å². The predicted molar refractivity (Wildman–Crippen MR) is 85.4 cm³/mol. The first kappa shape index (κ1) is 13.4. The lowest BCUT2D eigenvalue weighted by Gasteiger charge is -2.10. The molecule has 0 aromatic heterocycles. The van der Waals surface area contributed by atoms with E-state index in [1.165, 1.54) is 12.5 Å². The Hall–Kier alpha value is -2.61. The predicted octanol–water partition coefficient (Wildman–Crippen LogP) is 4.74. The van der Waals surface area contributed by atoms with Crippen LogP contribution in [0.5, 0.6) is 5.75 Å². The zero-order valence-electron chi connectivity index (χ0n) is 12.1. The van der Waals surface area contributed by atoms with Gasteiger partial charge in [-0.3, -0.25) is 4.79 Å². The highest BCUT2D eigenvalue weighted by atomic mass is 16.5. The number of carbonyl (C=O) groups excluding carboxylic acids is 1. The van der Waals surface area contributed by atoms with Crippen molar-refractivity contribution < 1.29 is 9.53 Å². The molecule has 21 heavy (non-hydrogen) atoms. The highest BCUT2D eigenvalue weighted by Crippen LogP contribution is 2.32. The van der Waals surface area contributed by atoms with Gasteiger partial charge in [-0.2, -0.15) is 0 Å². The van der Waals surface area contributed by atoms with Crippen LogP contribution in [0.2, 0.25) is 0 Å². The third-order valence-electron chi connectivity index (χ3n) is 3.46. The topological polar surface area (TPSA) is 26.3 Å². The Kier molecular flexibility index (Phi) is 3.44. The van der Waals surface area contributed by atoms with E-state index in [0.717, 1.165) is 21.9 Å². The van der Waals surface area contributed by atoms with Crippen LogP contribution in [-0.4, -0.2) is 5.97 Å². The fourth-order valence-electron chi connectivity index (χ4n) is 2.43. The average molecular weight is 276 g/mol. The van der Waals surface area contributed by atoms with Gasteiger partial charge in [0.05, 0.1) is 0 Å². The molecule has 0 heterocycles. The summed E-state index contributed by atoms with van der Waals surface area (Å²) in [5.74, 6) is 0.303. The van der Waals surface area contributed by atoms with Crippen molar-refractivity contribution >= 4 is 16.7 Å². The van der Waals surface area contributed by atoms with Crippen LogP contribution in [-0.2, 0) is 4.79 Å². The van der Waals surface area contributed by atoms with E-state index < -0.39 is 0 Å². The summed E-state index contributed by atoms with van der Waals surface area (Å²) in [6.07, 6.45) is 0. The Morgan fingerprint density at radius 3 is 2.33 bits per heavy atom. The van der Waals surface area contributed by atoms with Gasteiger partial charge in [0.25, 0.3) is 0 Å². The van der Waals surface area contributed by atoms with Crippen molar-refractivity contribution in [2.45, 2.75) is 13.8 Å². The lowest BCUT2D eigenvalue weighted by Crippen LogP contribution is -2.02. The van der Waals surface area contributed by atoms with Crippen LogP contribution in [0.1, 0.15) is 12.5 Å². The number of aryl methyl sites for hydroxylation is 1.